The number of nitrogens with two attached hydrogens (primary N) is 1. The maximum absolute atomic E-state index is 11.2. The molecule has 5 nitrogen and oxygen atoms in total. The molecule has 0 saturated carbocycles. The highest BCUT2D eigenvalue weighted by atomic mass is 32.1. The first-order valence-electron chi connectivity index (χ1n) is 5.74. The Morgan fingerprint density at radius 2 is 2.33 bits per heavy atom. The summed E-state index contributed by atoms with van der Waals surface area (Å²) in [5.41, 5.74) is 8.21. The van der Waals surface area contributed by atoms with Gasteiger partial charge in [0.15, 0.2) is 0 Å². The lowest BCUT2D eigenvalue weighted by Crippen LogP contribution is -2.22. The molecule has 0 spiro atoms. The lowest BCUT2D eigenvalue weighted by atomic mass is 10.0. The molecule has 0 aliphatic carbocycles. The maximum Gasteiger partial charge on any atom is 0.339 e. The third-order valence-electron chi connectivity index (χ3n) is 3.29. The van der Waals surface area contributed by atoms with Gasteiger partial charge in [0.25, 0.3) is 0 Å². The second-order valence-electron chi connectivity index (χ2n) is 4.40. The molecule has 6 heteroatoms. The summed E-state index contributed by atoms with van der Waals surface area (Å²) in [7, 11) is 0. The quantitative estimate of drug-likeness (QED) is 0.726. The molecule has 0 radical (unpaired) electrons. The zero-order chi connectivity index (χ0) is 12.9. The number of aromatic nitrogens is 1. The molecule has 0 amide bonds. The molecule has 3 rings (SSSR count). The van der Waals surface area contributed by atoms with E-state index in [1.807, 2.05) is 0 Å². The lowest BCUT2D eigenvalue weighted by Gasteiger charge is -2.13. The third-order valence-corrected chi connectivity index (χ3v) is 4.42. The van der Waals surface area contributed by atoms with E-state index in [9.17, 15) is 9.90 Å². The minimum absolute atomic E-state index is 0.140. The SMILES string of the molecule is Cc1nc2sc3c(c2c(N)c1C(=O)O)CCNC3. The molecular weight excluding hydrogens is 250 g/mol. The smallest absolute Gasteiger partial charge is 0.339 e. The van der Waals surface area contributed by atoms with E-state index in [1.54, 1.807) is 18.3 Å². The first kappa shape index (κ1) is 11.4. The molecule has 2 aromatic rings. The lowest BCUT2D eigenvalue weighted by molar-refractivity contribution is 0.0697. The van der Waals surface area contributed by atoms with Gasteiger partial charge in [-0.2, -0.15) is 0 Å². The van der Waals surface area contributed by atoms with Gasteiger partial charge in [0.1, 0.15) is 10.4 Å². The summed E-state index contributed by atoms with van der Waals surface area (Å²) >= 11 is 1.60. The molecule has 3 heterocycles. The molecule has 1 aliphatic rings. The van der Waals surface area contributed by atoms with Crippen LogP contribution in [0, 0.1) is 6.92 Å². The van der Waals surface area contributed by atoms with Crippen LogP contribution >= 0.6 is 11.3 Å². The highest BCUT2D eigenvalue weighted by molar-refractivity contribution is 7.19. The van der Waals surface area contributed by atoms with Crippen LogP contribution in [0.4, 0.5) is 5.69 Å². The molecule has 0 atom stereocenters. The normalized spacial score (nSPS) is 14.7. The summed E-state index contributed by atoms with van der Waals surface area (Å²) in [4.78, 5) is 17.7. The van der Waals surface area contributed by atoms with Crippen LogP contribution in [0.1, 0.15) is 26.5 Å². The Labute approximate surface area is 108 Å². The number of nitrogen functional groups attached to an aromatic ring is 1. The second-order valence-corrected chi connectivity index (χ2v) is 5.49. The zero-order valence-corrected chi connectivity index (χ0v) is 10.7. The van der Waals surface area contributed by atoms with Crippen LogP contribution in [0.15, 0.2) is 0 Å². The van der Waals surface area contributed by atoms with Gasteiger partial charge in [-0.25, -0.2) is 9.78 Å². The Hall–Kier alpha value is -1.66. The molecule has 18 heavy (non-hydrogen) atoms. The fraction of sp³-hybridized carbons (Fsp3) is 0.333. The molecule has 0 saturated heterocycles. The first-order chi connectivity index (χ1) is 8.59. The standard InChI is InChI=1S/C12H13N3O2S/c1-5-8(12(16)17)10(13)9-6-2-3-14-4-7(6)18-11(9)15-5/h14H,2-4H2,1H3,(H2,13,15)(H,16,17). The van der Waals surface area contributed by atoms with Crippen molar-refractivity contribution in [1.82, 2.24) is 10.3 Å². The Morgan fingerprint density at radius 3 is 3.06 bits per heavy atom. The second kappa shape index (κ2) is 3.93. The summed E-state index contributed by atoms with van der Waals surface area (Å²) in [6, 6.07) is 0. The number of carbonyl (C=O) groups is 1. The fourth-order valence-corrected chi connectivity index (χ4v) is 3.73. The minimum atomic E-state index is -1.01. The first-order valence-corrected chi connectivity index (χ1v) is 6.55. The third kappa shape index (κ3) is 1.49. The van der Waals surface area contributed by atoms with Crippen LogP contribution < -0.4 is 11.1 Å². The molecule has 4 N–H and O–H groups in total. The fourth-order valence-electron chi connectivity index (χ4n) is 2.47. The number of anilines is 1. The van der Waals surface area contributed by atoms with Crippen molar-refractivity contribution in [3.05, 3.63) is 21.7 Å². The number of hydrogen-bond acceptors (Lipinski definition) is 5. The Balaban J connectivity index is 2.39. The Morgan fingerprint density at radius 1 is 1.56 bits per heavy atom. The van der Waals surface area contributed by atoms with Gasteiger partial charge in [0, 0.05) is 16.8 Å². The molecule has 0 unspecified atom stereocenters. The number of aromatic carboxylic acids is 1. The van der Waals surface area contributed by atoms with Gasteiger partial charge < -0.3 is 16.2 Å². The van der Waals surface area contributed by atoms with Gasteiger partial charge in [-0.3, -0.25) is 0 Å². The number of nitrogens with zero attached hydrogens (tertiary/aromatic N) is 1. The van der Waals surface area contributed by atoms with Gasteiger partial charge in [0.05, 0.1) is 11.4 Å². The number of hydrogen-bond donors (Lipinski definition) is 3. The number of thiophene rings is 1. The van der Waals surface area contributed by atoms with Crippen LogP contribution in [0.5, 0.6) is 0 Å². The summed E-state index contributed by atoms with van der Waals surface area (Å²) in [6.45, 7) is 3.40. The average Bonchev–Trinajstić information content (AvgIpc) is 2.66. The number of fused-ring (bicyclic) bond motifs is 3. The monoisotopic (exact) mass is 263 g/mol. The topological polar surface area (TPSA) is 88.2 Å². The van der Waals surface area contributed by atoms with Crippen LogP contribution in [0.3, 0.4) is 0 Å². The number of aryl methyl sites for hydroxylation is 1. The summed E-state index contributed by atoms with van der Waals surface area (Å²) in [5.74, 6) is -1.01. The number of rotatable bonds is 1. The van der Waals surface area contributed by atoms with E-state index in [-0.39, 0.29) is 5.56 Å². The van der Waals surface area contributed by atoms with E-state index in [0.29, 0.717) is 11.4 Å². The number of pyridine rings is 1. The van der Waals surface area contributed by atoms with Crippen molar-refractivity contribution in [1.29, 1.82) is 0 Å². The molecule has 0 bridgehead atoms. The molecule has 2 aromatic heterocycles. The highest BCUT2D eigenvalue weighted by Gasteiger charge is 2.23. The van der Waals surface area contributed by atoms with E-state index >= 15 is 0 Å². The van der Waals surface area contributed by atoms with Gasteiger partial charge >= 0.3 is 5.97 Å². The van der Waals surface area contributed by atoms with Crippen molar-refractivity contribution in [2.24, 2.45) is 0 Å². The summed E-state index contributed by atoms with van der Waals surface area (Å²) in [6.07, 6.45) is 0.878. The van der Waals surface area contributed by atoms with Crippen molar-refractivity contribution >= 4 is 33.2 Å². The van der Waals surface area contributed by atoms with E-state index in [4.69, 9.17) is 5.73 Å². The summed E-state index contributed by atoms with van der Waals surface area (Å²) in [5, 5.41) is 13.4. The average molecular weight is 263 g/mol. The van der Waals surface area contributed by atoms with E-state index in [1.165, 1.54) is 10.4 Å². The van der Waals surface area contributed by atoms with Crippen molar-refractivity contribution in [3.63, 3.8) is 0 Å². The maximum atomic E-state index is 11.2. The Bertz CT molecular complexity index is 663. The van der Waals surface area contributed by atoms with Crippen LogP contribution in [0.25, 0.3) is 10.2 Å². The van der Waals surface area contributed by atoms with Crippen molar-refractivity contribution in [2.75, 3.05) is 12.3 Å². The number of nitrogens with one attached hydrogen (secondary N) is 1. The molecular formula is C12H13N3O2S. The van der Waals surface area contributed by atoms with E-state index < -0.39 is 5.97 Å². The van der Waals surface area contributed by atoms with Gasteiger partial charge in [-0.15, -0.1) is 11.3 Å². The van der Waals surface area contributed by atoms with Crippen molar-refractivity contribution in [2.45, 2.75) is 19.9 Å². The molecule has 94 valence electrons. The van der Waals surface area contributed by atoms with Gasteiger partial charge in [-0.05, 0) is 25.5 Å². The van der Waals surface area contributed by atoms with Crippen LogP contribution in [0.2, 0.25) is 0 Å². The summed E-state index contributed by atoms with van der Waals surface area (Å²) < 4.78 is 0. The number of carboxylic acids is 1. The predicted octanol–water partition coefficient (Wildman–Crippen LogP) is 1.53. The van der Waals surface area contributed by atoms with E-state index in [2.05, 4.69) is 10.3 Å². The predicted molar refractivity (Wildman–Crippen MR) is 71.1 cm³/mol. The molecule has 0 aromatic carbocycles. The van der Waals surface area contributed by atoms with Gasteiger partial charge in [0.2, 0.25) is 0 Å². The number of carboxylic acid groups (broad SMARTS) is 1. The minimum Gasteiger partial charge on any atom is -0.478 e. The van der Waals surface area contributed by atoms with Crippen LogP contribution in [-0.4, -0.2) is 22.6 Å². The van der Waals surface area contributed by atoms with E-state index in [0.717, 1.165) is 29.7 Å². The molecule has 0 fully saturated rings. The highest BCUT2D eigenvalue weighted by Crippen LogP contribution is 2.37. The zero-order valence-electron chi connectivity index (χ0n) is 9.91. The Kier molecular flexibility index (Phi) is 2.49. The van der Waals surface area contributed by atoms with Crippen molar-refractivity contribution < 1.29 is 9.90 Å². The molecule has 1 aliphatic heterocycles. The van der Waals surface area contributed by atoms with Crippen molar-refractivity contribution in [3.8, 4) is 0 Å². The largest absolute Gasteiger partial charge is 0.478 e. The van der Waals surface area contributed by atoms with Gasteiger partial charge in [-0.1, -0.05) is 0 Å². The van der Waals surface area contributed by atoms with Crippen LogP contribution in [-0.2, 0) is 13.0 Å².